The number of nitrogens with zero attached hydrogens (tertiary/aromatic N) is 1. The number of hydrogen-bond donors (Lipinski definition) is 1. The van der Waals surface area contributed by atoms with Gasteiger partial charge in [-0.3, -0.25) is 19.2 Å². The fraction of sp³-hybridized carbons (Fsp3) is 0.100. The van der Waals surface area contributed by atoms with Crippen LogP contribution in [0, 0.1) is 0 Å². The molecule has 0 saturated carbocycles. The molecule has 1 aliphatic rings. The molecular weight excluding hydrogens is 382 g/mol. The maximum atomic E-state index is 11.6. The van der Waals surface area contributed by atoms with Gasteiger partial charge in [0.15, 0.2) is 0 Å². The summed E-state index contributed by atoms with van der Waals surface area (Å²) in [5.41, 5.74) is 1.25. The van der Waals surface area contributed by atoms with Crippen molar-refractivity contribution in [3.63, 3.8) is 0 Å². The number of imide groups is 1. The maximum Gasteiger partial charge on any atom is 0.363 e. The molecule has 148 valence electrons. The summed E-state index contributed by atoms with van der Waals surface area (Å²) in [5.74, 6) is -2.85. The molecule has 29 heavy (non-hydrogen) atoms. The summed E-state index contributed by atoms with van der Waals surface area (Å²) in [6.45, 7) is 0. The van der Waals surface area contributed by atoms with Crippen LogP contribution in [0.2, 0.25) is 0 Å². The number of carboxylic acid groups (broad SMARTS) is 1. The lowest BCUT2D eigenvalue weighted by atomic mass is 10.1. The van der Waals surface area contributed by atoms with E-state index in [0.29, 0.717) is 28.8 Å². The monoisotopic (exact) mass is 397 g/mol. The van der Waals surface area contributed by atoms with Gasteiger partial charge in [-0.2, -0.15) is 0 Å². The molecule has 1 aliphatic heterocycles. The van der Waals surface area contributed by atoms with Crippen molar-refractivity contribution in [3.8, 4) is 0 Å². The first kappa shape index (κ1) is 21.2. The number of carbonyl (C=O) groups excluding carboxylic acids is 5. The van der Waals surface area contributed by atoms with Crippen LogP contribution in [-0.2, 0) is 14.4 Å². The zero-order chi connectivity index (χ0) is 21.4. The molecule has 0 aromatic heterocycles. The van der Waals surface area contributed by atoms with Crippen molar-refractivity contribution in [2.24, 2.45) is 0 Å². The number of hydroxylamine groups is 2. The topological polar surface area (TPSA) is 135 Å². The van der Waals surface area contributed by atoms with Gasteiger partial charge < -0.3 is 9.94 Å². The average Bonchev–Trinajstić information content (AvgIpc) is 3.06. The SMILES string of the molecule is O=Cc1ccc(C(=O)O)cc1.O=Cc1ccc(C(=O)ON2C(=O)CCC2=O)cc1. The molecule has 2 aromatic rings. The number of aldehydes is 2. The van der Waals surface area contributed by atoms with Crippen LogP contribution in [0.25, 0.3) is 0 Å². The van der Waals surface area contributed by atoms with Crippen LogP contribution < -0.4 is 0 Å². The highest BCUT2D eigenvalue weighted by Crippen LogP contribution is 2.14. The van der Waals surface area contributed by atoms with Crippen LogP contribution in [0.4, 0.5) is 0 Å². The number of carbonyl (C=O) groups is 6. The number of rotatable bonds is 5. The highest BCUT2D eigenvalue weighted by atomic mass is 16.7. The Labute approximate surface area is 164 Å². The molecule has 3 rings (SSSR count). The van der Waals surface area contributed by atoms with Crippen molar-refractivity contribution < 1.29 is 38.7 Å². The van der Waals surface area contributed by atoms with Gasteiger partial charge in [-0.15, -0.1) is 5.06 Å². The van der Waals surface area contributed by atoms with E-state index in [1.165, 1.54) is 48.5 Å². The highest BCUT2D eigenvalue weighted by Gasteiger charge is 2.33. The van der Waals surface area contributed by atoms with Crippen molar-refractivity contribution in [3.05, 3.63) is 70.8 Å². The number of benzene rings is 2. The molecule has 1 heterocycles. The van der Waals surface area contributed by atoms with E-state index in [1.807, 2.05) is 0 Å². The van der Waals surface area contributed by atoms with Crippen LogP contribution in [0.1, 0.15) is 54.3 Å². The molecule has 1 N–H and O–H groups in total. The summed E-state index contributed by atoms with van der Waals surface area (Å²) >= 11 is 0. The van der Waals surface area contributed by atoms with Crippen LogP contribution in [0.5, 0.6) is 0 Å². The molecule has 0 spiro atoms. The molecule has 0 radical (unpaired) electrons. The molecule has 0 atom stereocenters. The first-order valence-corrected chi connectivity index (χ1v) is 8.27. The number of amides is 2. The summed E-state index contributed by atoms with van der Waals surface area (Å²) in [6, 6.07) is 11.4. The van der Waals surface area contributed by atoms with E-state index in [1.54, 1.807) is 0 Å². The van der Waals surface area contributed by atoms with Gasteiger partial charge >= 0.3 is 11.9 Å². The minimum Gasteiger partial charge on any atom is -0.478 e. The molecule has 9 nitrogen and oxygen atoms in total. The molecule has 1 fully saturated rings. The van der Waals surface area contributed by atoms with Crippen molar-refractivity contribution in [2.45, 2.75) is 12.8 Å². The predicted molar refractivity (Wildman–Crippen MR) is 97.1 cm³/mol. The molecule has 1 saturated heterocycles. The van der Waals surface area contributed by atoms with Crippen molar-refractivity contribution >= 4 is 36.3 Å². The van der Waals surface area contributed by atoms with Crippen LogP contribution in [0.3, 0.4) is 0 Å². The van der Waals surface area contributed by atoms with Crippen molar-refractivity contribution in [2.75, 3.05) is 0 Å². The normalized spacial score (nSPS) is 12.6. The molecule has 2 aromatic carbocycles. The number of hydrogen-bond acceptors (Lipinski definition) is 7. The highest BCUT2D eigenvalue weighted by molar-refractivity contribution is 6.02. The first-order valence-electron chi connectivity index (χ1n) is 8.27. The second-order valence-electron chi connectivity index (χ2n) is 5.75. The van der Waals surface area contributed by atoms with E-state index in [0.717, 1.165) is 0 Å². The third-order valence-electron chi connectivity index (χ3n) is 3.76. The molecule has 9 heteroatoms. The third-order valence-corrected chi connectivity index (χ3v) is 3.76. The first-order chi connectivity index (χ1) is 13.8. The maximum absolute atomic E-state index is 11.6. The van der Waals surface area contributed by atoms with Gasteiger partial charge in [0.05, 0.1) is 11.1 Å². The summed E-state index contributed by atoms with van der Waals surface area (Å²) in [5, 5.41) is 8.94. The van der Waals surface area contributed by atoms with E-state index in [-0.39, 0.29) is 24.0 Å². The zero-order valence-corrected chi connectivity index (χ0v) is 14.9. The fourth-order valence-corrected chi connectivity index (χ4v) is 2.20. The average molecular weight is 397 g/mol. The lowest BCUT2D eigenvalue weighted by molar-refractivity contribution is -0.172. The minimum atomic E-state index is -0.984. The van der Waals surface area contributed by atoms with E-state index in [4.69, 9.17) is 9.94 Å². The Morgan fingerprint density at radius 3 is 1.59 bits per heavy atom. The predicted octanol–water partition coefficient (Wildman–Crippen LogP) is 1.92. The Balaban J connectivity index is 0.000000234. The Hall–Kier alpha value is -4.14. The van der Waals surface area contributed by atoms with Crippen molar-refractivity contribution in [1.29, 1.82) is 0 Å². The van der Waals surface area contributed by atoms with Gasteiger partial charge in [0.2, 0.25) is 0 Å². The summed E-state index contributed by atoms with van der Waals surface area (Å²) in [6.07, 6.45) is 1.42. The van der Waals surface area contributed by atoms with E-state index >= 15 is 0 Å². The van der Waals surface area contributed by atoms with Gasteiger partial charge in [0.1, 0.15) is 12.6 Å². The van der Waals surface area contributed by atoms with Gasteiger partial charge in [-0.1, -0.05) is 24.3 Å². The van der Waals surface area contributed by atoms with Gasteiger partial charge in [-0.25, -0.2) is 9.59 Å². The van der Waals surface area contributed by atoms with Crippen LogP contribution >= 0.6 is 0 Å². The summed E-state index contributed by atoms with van der Waals surface area (Å²) < 4.78 is 0. The summed E-state index contributed by atoms with van der Waals surface area (Å²) in [4.78, 5) is 69.7. The Morgan fingerprint density at radius 2 is 1.21 bits per heavy atom. The molecular formula is C20H15NO8. The van der Waals surface area contributed by atoms with Gasteiger partial charge in [-0.05, 0) is 24.3 Å². The van der Waals surface area contributed by atoms with Gasteiger partial charge in [0, 0.05) is 24.0 Å². The smallest absolute Gasteiger partial charge is 0.363 e. The second-order valence-corrected chi connectivity index (χ2v) is 5.75. The summed E-state index contributed by atoms with van der Waals surface area (Å²) in [7, 11) is 0. The number of aromatic carboxylic acids is 1. The van der Waals surface area contributed by atoms with Gasteiger partial charge in [0.25, 0.3) is 11.8 Å². The van der Waals surface area contributed by atoms with Crippen LogP contribution in [-0.4, -0.2) is 46.5 Å². The molecule has 0 bridgehead atoms. The van der Waals surface area contributed by atoms with E-state index < -0.39 is 23.8 Å². The van der Waals surface area contributed by atoms with E-state index in [2.05, 4.69) is 0 Å². The second kappa shape index (κ2) is 9.70. The molecule has 2 amide bonds. The number of carboxylic acids is 1. The Bertz CT molecular complexity index is 931. The fourth-order valence-electron chi connectivity index (χ4n) is 2.20. The molecule has 0 unspecified atom stereocenters. The standard InChI is InChI=1S/C12H9NO5.C8H6O3/c14-7-8-1-3-9(4-2-8)12(17)18-13-10(15)5-6-11(13)16;9-5-6-1-3-7(4-2-6)8(10)11/h1-4,7H,5-6H2;1-5H,(H,10,11). The Morgan fingerprint density at radius 1 is 0.793 bits per heavy atom. The zero-order valence-electron chi connectivity index (χ0n) is 14.9. The molecule has 0 aliphatic carbocycles. The van der Waals surface area contributed by atoms with Crippen molar-refractivity contribution in [1.82, 2.24) is 5.06 Å². The third kappa shape index (κ3) is 5.67. The Kier molecular flexibility index (Phi) is 7.08. The minimum absolute atomic E-state index is 0.0518. The quantitative estimate of drug-likeness (QED) is 0.597. The lowest BCUT2D eigenvalue weighted by Gasteiger charge is -2.12. The lowest BCUT2D eigenvalue weighted by Crippen LogP contribution is -2.32. The van der Waals surface area contributed by atoms with E-state index in [9.17, 15) is 28.8 Å². The van der Waals surface area contributed by atoms with Crippen LogP contribution in [0.15, 0.2) is 48.5 Å². The largest absolute Gasteiger partial charge is 0.478 e.